The molecule has 4 nitrogen and oxygen atoms in total. The van der Waals surface area contributed by atoms with Crippen LogP contribution in [0.4, 0.5) is 4.79 Å². The van der Waals surface area contributed by atoms with Crippen LogP contribution in [0, 0.1) is 0 Å². The van der Waals surface area contributed by atoms with E-state index in [4.69, 9.17) is 4.74 Å². The van der Waals surface area contributed by atoms with Crippen molar-refractivity contribution >= 4 is 6.09 Å². The number of likely N-dealkylation sites (tertiary alicyclic amines) is 1. The zero-order valence-electron chi connectivity index (χ0n) is 12.3. The Morgan fingerprint density at radius 2 is 1.78 bits per heavy atom. The minimum absolute atomic E-state index is 0.0505. The van der Waals surface area contributed by atoms with E-state index in [9.17, 15) is 4.79 Å². The molecule has 0 unspecified atom stereocenters. The van der Waals surface area contributed by atoms with Gasteiger partial charge in [0.15, 0.2) is 0 Å². The van der Waals surface area contributed by atoms with E-state index in [-0.39, 0.29) is 17.7 Å². The number of carbonyl (C=O) groups excluding carboxylic acids is 1. The normalized spacial score (nSPS) is 20.0. The van der Waals surface area contributed by atoms with Crippen LogP contribution in [0.5, 0.6) is 0 Å². The van der Waals surface area contributed by atoms with Crippen LogP contribution in [0.2, 0.25) is 0 Å². The van der Waals surface area contributed by atoms with E-state index in [0.29, 0.717) is 0 Å². The summed E-state index contributed by atoms with van der Waals surface area (Å²) < 4.78 is 5.38. The van der Waals surface area contributed by atoms with Gasteiger partial charge in [0.05, 0.1) is 0 Å². The van der Waals surface area contributed by atoms with Crippen molar-refractivity contribution in [3.8, 4) is 0 Å². The second-order valence-electron chi connectivity index (χ2n) is 6.31. The van der Waals surface area contributed by atoms with Crippen molar-refractivity contribution in [1.29, 1.82) is 0 Å². The monoisotopic (exact) mass is 256 g/mol. The number of hydrogen-bond donors (Lipinski definition) is 1. The van der Waals surface area contributed by atoms with E-state index in [1.54, 1.807) is 0 Å². The van der Waals surface area contributed by atoms with Gasteiger partial charge in [0.1, 0.15) is 6.10 Å². The lowest BCUT2D eigenvalue weighted by molar-refractivity contribution is 0.0756. The molecule has 1 atom stereocenters. The van der Waals surface area contributed by atoms with Crippen molar-refractivity contribution < 1.29 is 9.53 Å². The number of amides is 1. The highest BCUT2D eigenvalue weighted by Crippen LogP contribution is 2.10. The lowest BCUT2D eigenvalue weighted by atomic mass is 10.1. The van der Waals surface area contributed by atoms with Crippen LogP contribution in [0.15, 0.2) is 0 Å². The first-order chi connectivity index (χ1) is 8.37. The molecule has 0 aromatic heterocycles. The molecule has 0 spiro atoms. The Bertz CT molecular complexity index is 253. The van der Waals surface area contributed by atoms with Crippen molar-refractivity contribution in [3.63, 3.8) is 0 Å². The standard InChI is InChI=1S/C14H28N2O2/c1-12(18-13(17)15-14(2,3)4)11-16-9-7-5-6-8-10-16/h12H,5-11H2,1-4H3,(H,15,17)/t12-/m1/s1. The Balaban J connectivity index is 2.27. The average molecular weight is 256 g/mol. The number of carbonyl (C=O) groups is 1. The van der Waals surface area contributed by atoms with Crippen LogP contribution in [-0.2, 0) is 4.74 Å². The SMILES string of the molecule is C[C@H](CN1CCCCCC1)OC(=O)NC(C)(C)C. The number of nitrogens with zero attached hydrogens (tertiary/aromatic N) is 1. The molecule has 0 bridgehead atoms. The molecule has 1 fully saturated rings. The van der Waals surface area contributed by atoms with E-state index in [1.807, 2.05) is 27.7 Å². The summed E-state index contributed by atoms with van der Waals surface area (Å²) in [5.74, 6) is 0. The zero-order chi connectivity index (χ0) is 13.6. The van der Waals surface area contributed by atoms with Gasteiger partial charge in [0.25, 0.3) is 0 Å². The molecule has 4 heteroatoms. The fourth-order valence-electron chi connectivity index (χ4n) is 2.24. The zero-order valence-corrected chi connectivity index (χ0v) is 12.3. The van der Waals surface area contributed by atoms with Crippen LogP contribution in [0.25, 0.3) is 0 Å². The maximum absolute atomic E-state index is 11.6. The number of ether oxygens (including phenoxy) is 1. The second-order valence-corrected chi connectivity index (χ2v) is 6.31. The molecular weight excluding hydrogens is 228 g/mol. The van der Waals surface area contributed by atoms with Crippen LogP contribution >= 0.6 is 0 Å². The summed E-state index contributed by atoms with van der Waals surface area (Å²) in [6.45, 7) is 10.9. The lowest BCUT2D eigenvalue weighted by Crippen LogP contribution is -2.43. The molecule has 0 radical (unpaired) electrons. The molecule has 1 amide bonds. The van der Waals surface area contributed by atoms with Gasteiger partial charge >= 0.3 is 6.09 Å². The van der Waals surface area contributed by atoms with Crippen molar-refractivity contribution in [2.45, 2.75) is 65.0 Å². The number of rotatable bonds is 3. The van der Waals surface area contributed by atoms with Gasteiger partial charge < -0.3 is 10.1 Å². The molecule has 1 aliphatic rings. The molecule has 0 aliphatic carbocycles. The summed E-state index contributed by atoms with van der Waals surface area (Å²) in [5, 5.41) is 2.82. The molecule has 1 heterocycles. The maximum Gasteiger partial charge on any atom is 0.407 e. The fraction of sp³-hybridized carbons (Fsp3) is 0.929. The Labute approximate surface area is 111 Å². The van der Waals surface area contributed by atoms with E-state index < -0.39 is 0 Å². The molecule has 18 heavy (non-hydrogen) atoms. The summed E-state index contributed by atoms with van der Waals surface area (Å²) in [6, 6.07) is 0. The fourth-order valence-corrected chi connectivity index (χ4v) is 2.24. The highest BCUT2D eigenvalue weighted by Gasteiger charge is 2.19. The van der Waals surface area contributed by atoms with Crippen molar-refractivity contribution in [2.75, 3.05) is 19.6 Å². The third kappa shape index (κ3) is 6.84. The highest BCUT2D eigenvalue weighted by molar-refractivity contribution is 5.68. The van der Waals surface area contributed by atoms with Gasteiger partial charge in [-0.1, -0.05) is 12.8 Å². The third-order valence-electron chi connectivity index (χ3n) is 3.00. The summed E-state index contributed by atoms with van der Waals surface area (Å²) in [4.78, 5) is 14.0. The quantitative estimate of drug-likeness (QED) is 0.844. The van der Waals surface area contributed by atoms with Gasteiger partial charge in [-0.15, -0.1) is 0 Å². The molecule has 1 N–H and O–H groups in total. The Morgan fingerprint density at radius 3 is 2.28 bits per heavy atom. The number of alkyl carbamates (subject to hydrolysis) is 1. The van der Waals surface area contributed by atoms with Gasteiger partial charge in [-0.2, -0.15) is 0 Å². The van der Waals surface area contributed by atoms with Gasteiger partial charge in [-0.05, 0) is 53.6 Å². The van der Waals surface area contributed by atoms with Gasteiger partial charge in [-0.3, -0.25) is 4.90 Å². The molecule has 0 aromatic carbocycles. The molecule has 0 aromatic rings. The van der Waals surface area contributed by atoms with Crippen molar-refractivity contribution in [3.05, 3.63) is 0 Å². The maximum atomic E-state index is 11.6. The lowest BCUT2D eigenvalue weighted by Gasteiger charge is -2.26. The van der Waals surface area contributed by atoms with E-state index in [1.165, 1.54) is 25.7 Å². The Hall–Kier alpha value is -0.770. The van der Waals surface area contributed by atoms with Crippen LogP contribution in [-0.4, -0.2) is 42.3 Å². The second kappa shape index (κ2) is 6.98. The predicted octanol–water partition coefficient (Wildman–Crippen LogP) is 2.78. The first kappa shape index (κ1) is 15.3. The first-order valence-corrected chi connectivity index (χ1v) is 7.08. The molecule has 1 saturated heterocycles. The molecule has 1 aliphatic heterocycles. The summed E-state index contributed by atoms with van der Waals surface area (Å²) in [5.41, 5.74) is -0.237. The Kier molecular flexibility index (Phi) is 5.93. The molecular formula is C14H28N2O2. The van der Waals surface area contributed by atoms with E-state index in [0.717, 1.165) is 19.6 Å². The van der Waals surface area contributed by atoms with E-state index in [2.05, 4.69) is 10.2 Å². The van der Waals surface area contributed by atoms with Gasteiger partial charge in [-0.25, -0.2) is 4.79 Å². The largest absolute Gasteiger partial charge is 0.445 e. The molecule has 106 valence electrons. The average Bonchev–Trinajstić information content (AvgIpc) is 2.42. The molecule has 0 saturated carbocycles. The van der Waals surface area contributed by atoms with Gasteiger partial charge in [0.2, 0.25) is 0 Å². The van der Waals surface area contributed by atoms with Crippen LogP contribution in [0.3, 0.4) is 0 Å². The van der Waals surface area contributed by atoms with Gasteiger partial charge in [0, 0.05) is 12.1 Å². The van der Waals surface area contributed by atoms with E-state index >= 15 is 0 Å². The van der Waals surface area contributed by atoms with Crippen LogP contribution < -0.4 is 5.32 Å². The summed E-state index contributed by atoms with van der Waals surface area (Å²) in [6.07, 6.45) is 4.82. The van der Waals surface area contributed by atoms with Crippen molar-refractivity contribution in [1.82, 2.24) is 10.2 Å². The van der Waals surface area contributed by atoms with Crippen LogP contribution in [0.1, 0.15) is 53.4 Å². The predicted molar refractivity (Wildman–Crippen MR) is 73.7 cm³/mol. The topological polar surface area (TPSA) is 41.6 Å². The number of hydrogen-bond acceptors (Lipinski definition) is 3. The third-order valence-corrected chi connectivity index (χ3v) is 3.00. The minimum atomic E-state index is -0.315. The number of nitrogens with one attached hydrogen (secondary N) is 1. The first-order valence-electron chi connectivity index (χ1n) is 7.08. The Morgan fingerprint density at radius 1 is 1.22 bits per heavy atom. The molecule has 1 rings (SSSR count). The summed E-state index contributed by atoms with van der Waals surface area (Å²) >= 11 is 0. The smallest absolute Gasteiger partial charge is 0.407 e. The van der Waals surface area contributed by atoms with Crippen molar-refractivity contribution in [2.24, 2.45) is 0 Å². The summed E-state index contributed by atoms with van der Waals surface area (Å²) in [7, 11) is 0. The highest BCUT2D eigenvalue weighted by atomic mass is 16.6. The minimum Gasteiger partial charge on any atom is -0.445 e.